The number of nitrogens with zero attached hydrogens (tertiary/aromatic N) is 6. The third kappa shape index (κ3) is 11.3. The molecule has 4 N–H and O–H groups in total. The number of benzene rings is 3. The summed E-state index contributed by atoms with van der Waals surface area (Å²) in [7, 11) is 0. The second-order valence-corrected chi connectivity index (χ2v) is 14.4. The number of aromatic nitrogens is 10. The summed E-state index contributed by atoms with van der Waals surface area (Å²) < 4.78 is 0. The largest absolute Gasteiger partial charge is 0.346 e. The third-order valence-electron chi connectivity index (χ3n) is 9.51. The summed E-state index contributed by atoms with van der Waals surface area (Å²) in [5, 5.41) is 25.6. The maximum absolute atomic E-state index is 4.30. The summed E-state index contributed by atoms with van der Waals surface area (Å²) in [6.07, 6.45) is 12.9. The summed E-state index contributed by atoms with van der Waals surface area (Å²) in [4.78, 5) is 15.5. The van der Waals surface area contributed by atoms with Crippen molar-refractivity contribution in [2.45, 2.75) is 69.2 Å². The molecule has 58 heavy (non-hydrogen) atoms. The molecule has 0 aliphatic carbocycles. The van der Waals surface area contributed by atoms with Crippen molar-refractivity contribution < 1.29 is 0 Å². The van der Waals surface area contributed by atoms with E-state index >= 15 is 0 Å². The van der Waals surface area contributed by atoms with E-state index in [0.717, 1.165) is 33.6 Å². The Bertz CT molecular complexity index is 2680. The topological polar surface area (TPSA) is 140 Å². The van der Waals surface area contributed by atoms with E-state index < -0.39 is 0 Å². The van der Waals surface area contributed by atoms with E-state index in [1.54, 1.807) is 18.6 Å². The highest BCUT2D eigenvalue weighted by molar-refractivity contribution is 5.86. The zero-order chi connectivity index (χ0) is 41.6. The maximum Gasteiger partial charge on any atom is 0.137 e. The molecule has 0 amide bonds. The number of fused-ring (bicyclic) bond motifs is 4. The van der Waals surface area contributed by atoms with Crippen molar-refractivity contribution in [3.05, 3.63) is 178 Å². The Morgan fingerprint density at radius 2 is 1.07 bits per heavy atom. The molecule has 0 aliphatic rings. The van der Waals surface area contributed by atoms with Crippen molar-refractivity contribution in [1.82, 2.24) is 50.5 Å². The van der Waals surface area contributed by atoms with Crippen molar-refractivity contribution in [2.75, 3.05) is 0 Å². The lowest BCUT2D eigenvalue weighted by atomic mass is 10.1. The van der Waals surface area contributed by atoms with Crippen LogP contribution in [0.3, 0.4) is 0 Å². The molecule has 7 aromatic heterocycles. The standard InChI is InChI=1S/C11H11N.3C9H10N2.C6H7N.C4H6N2/c1-8-4-3-5-10-11(8)9(2)6-7-12-10;1-6-3-4-10-9-8(6)7(2)5-11-9;1-6-3-4-9-8(5-6)7(2)10-11-9;1-6-4-3-5-8-9(6)7(2)10-11-8;1-6-2-4-7-5-3-6;1-4-2-5-6-3-4/h3-7H,1-2H3;3*3-5H,1-2H3,(H,10,11);2-5H,1H3;2-3H,1H3,(H,5,6). The Kier molecular flexibility index (Phi) is 14.8. The van der Waals surface area contributed by atoms with Gasteiger partial charge in [0.15, 0.2) is 0 Å². The van der Waals surface area contributed by atoms with Crippen LogP contribution in [0.2, 0.25) is 0 Å². The Hall–Kier alpha value is -6.94. The van der Waals surface area contributed by atoms with Gasteiger partial charge in [-0.2, -0.15) is 15.3 Å². The average Bonchev–Trinajstić information content (AvgIpc) is 4.03. The van der Waals surface area contributed by atoms with E-state index in [1.165, 1.54) is 66.1 Å². The van der Waals surface area contributed by atoms with Gasteiger partial charge in [0.1, 0.15) is 5.65 Å². The van der Waals surface area contributed by atoms with Gasteiger partial charge in [-0.3, -0.25) is 25.3 Å². The highest BCUT2D eigenvalue weighted by atomic mass is 15.1. The molecule has 0 saturated carbocycles. The number of H-pyrrole nitrogens is 4. The number of pyridine rings is 3. The lowest BCUT2D eigenvalue weighted by Crippen LogP contribution is -1.84. The van der Waals surface area contributed by atoms with Crippen molar-refractivity contribution in [3.63, 3.8) is 0 Å². The van der Waals surface area contributed by atoms with Crippen molar-refractivity contribution in [2.24, 2.45) is 0 Å². The van der Waals surface area contributed by atoms with E-state index in [1.807, 2.05) is 94.9 Å². The molecule has 0 radical (unpaired) electrons. The number of aryl methyl sites for hydroxylation is 10. The molecule has 10 rings (SSSR count). The fraction of sp³-hybridized carbons (Fsp3) is 0.208. The van der Waals surface area contributed by atoms with Crippen LogP contribution < -0.4 is 0 Å². The van der Waals surface area contributed by atoms with E-state index in [0.29, 0.717) is 0 Å². The number of hydrogen-bond acceptors (Lipinski definition) is 6. The van der Waals surface area contributed by atoms with Gasteiger partial charge >= 0.3 is 0 Å². The molecular formula is C48H54N10. The molecular weight excluding hydrogens is 717 g/mol. The monoisotopic (exact) mass is 770 g/mol. The highest BCUT2D eigenvalue weighted by Crippen LogP contribution is 2.21. The fourth-order valence-corrected chi connectivity index (χ4v) is 6.43. The minimum atomic E-state index is 0.988. The van der Waals surface area contributed by atoms with Crippen molar-refractivity contribution in [3.8, 4) is 0 Å². The van der Waals surface area contributed by atoms with Crippen LogP contribution in [0.25, 0.3) is 43.7 Å². The third-order valence-corrected chi connectivity index (χ3v) is 9.51. The molecule has 0 saturated heterocycles. The minimum absolute atomic E-state index is 0.988. The van der Waals surface area contributed by atoms with Gasteiger partial charge in [-0.05, 0) is 157 Å². The quantitative estimate of drug-likeness (QED) is 0.121. The fourth-order valence-electron chi connectivity index (χ4n) is 6.43. The number of aromatic amines is 4. The van der Waals surface area contributed by atoms with E-state index in [2.05, 4.69) is 128 Å². The Morgan fingerprint density at radius 3 is 1.66 bits per heavy atom. The van der Waals surface area contributed by atoms with Crippen LogP contribution in [-0.2, 0) is 0 Å². The summed E-state index contributed by atoms with van der Waals surface area (Å²) >= 11 is 0. The lowest BCUT2D eigenvalue weighted by Gasteiger charge is -2.03. The molecule has 0 spiro atoms. The van der Waals surface area contributed by atoms with E-state index in [9.17, 15) is 0 Å². The molecule has 0 atom stereocenters. The normalized spacial score (nSPS) is 10.2. The van der Waals surface area contributed by atoms with Gasteiger partial charge in [-0.25, -0.2) is 4.98 Å². The van der Waals surface area contributed by atoms with Crippen LogP contribution in [-0.4, -0.2) is 50.5 Å². The molecule has 296 valence electrons. The second-order valence-electron chi connectivity index (χ2n) is 14.4. The summed E-state index contributed by atoms with van der Waals surface area (Å²) in [5.74, 6) is 0. The summed E-state index contributed by atoms with van der Waals surface area (Å²) in [6.45, 7) is 20.7. The maximum atomic E-state index is 4.30. The predicted molar refractivity (Wildman–Crippen MR) is 240 cm³/mol. The molecule has 10 nitrogen and oxygen atoms in total. The zero-order valence-corrected chi connectivity index (χ0v) is 35.2. The van der Waals surface area contributed by atoms with Gasteiger partial charge in [0, 0.05) is 70.1 Å². The predicted octanol–water partition coefficient (Wildman–Crippen LogP) is 11.5. The summed E-state index contributed by atoms with van der Waals surface area (Å²) in [5.41, 5.74) is 16.6. The smallest absolute Gasteiger partial charge is 0.137 e. The second kappa shape index (κ2) is 20.3. The van der Waals surface area contributed by atoms with Gasteiger partial charge < -0.3 is 4.98 Å². The molecule has 3 aromatic carbocycles. The van der Waals surface area contributed by atoms with Crippen LogP contribution in [0.5, 0.6) is 0 Å². The first kappa shape index (κ1) is 42.2. The molecule has 10 heteroatoms. The van der Waals surface area contributed by atoms with Gasteiger partial charge in [-0.1, -0.05) is 35.9 Å². The van der Waals surface area contributed by atoms with Crippen LogP contribution in [0.4, 0.5) is 0 Å². The van der Waals surface area contributed by atoms with E-state index in [-0.39, 0.29) is 0 Å². The zero-order valence-electron chi connectivity index (χ0n) is 35.2. The summed E-state index contributed by atoms with van der Waals surface area (Å²) in [6, 6.07) is 26.6. The van der Waals surface area contributed by atoms with Crippen LogP contribution >= 0.6 is 0 Å². The molecule has 0 fully saturated rings. The Morgan fingerprint density at radius 1 is 0.448 bits per heavy atom. The highest BCUT2D eigenvalue weighted by Gasteiger charge is 2.03. The van der Waals surface area contributed by atoms with E-state index in [4.69, 9.17) is 0 Å². The molecule has 7 heterocycles. The SMILES string of the molecule is Cc1ccc2n[nH]c(C)c2c1.Cc1cccc2n[nH]c(C)c12.Cc1cccc2nccc(C)c12.Cc1ccnc2[nH]cc(C)c12.Cc1ccncc1.Cc1cn[nH]c1. The first-order chi connectivity index (χ1) is 27.9. The Labute approximate surface area is 340 Å². The average molecular weight is 771 g/mol. The van der Waals surface area contributed by atoms with Gasteiger partial charge in [-0.15, -0.1) is 0 Å². The van der Waals surface area contributed by atoms with Crippen LogP contribution in [0, 0.1) is 69.2 Å². The Balaban J connectivity index is 0.000000134. The van der Waals surface area contributed by atoms with Gasteiger partial charge in [0.2, 0.25) is 0 Å². The van der Waals surface area contributed by atoms with Gasteiger partial charge in [0.25, 0.3) is 0 Å². The number of nitrogens with one attached hydrogen (secondary N) is 4. The lowest BCUT2D eigenvalue weighted by molar-refractivity contribution is 1.07. The first-order valence-corrected chi connectivity index (χ1v) is 19.3. The van der Waals surface area contributed by atoms with Crippen molar-refractivity contribution >= 4 is 43.7 Å². The van der Waals surface area contributed by atoms with Crippen molar-refractivity contribution in [1.29, 1.82) is 0 Å². The molecule has 10 aromatic rings. The number of hydrogen-bond donors (Lipinski definition) is 4. The van der Waals surface area contributed by atoms with Gasteiger partial charge in [0.05, 0.1) is 22.7 Å². The minimum Gasteiger partial charge on any atom is -0.346 e. The molecule has 0 bridgehead atoms. The molecule has 0 unspecified atom stereocenters. The molecule has 0 aliphatic heterocycles. The first-order valence-electron chi connectivity index (χ1n) is 19.3. The number of rotatable bonds is 0. The van der Waals surface area contributed by atoms with Crippen LogP contribution in [0.15, 0.2) is 122 Å². The van der Waals surface area contributed by atoms with Crippen LogP contribution in [0.1, 0.15) is 55.9 Å².